The maximum Gasteiger partial charge on any atom is 0.325 e. The number of rotatable bonds is 20. The molecule has 0 spiro atoms. The number of carbonyl (C=O) groups is 4. The Bertz CT molecular complexity index is 1340. The molecule has 2 heterocycles. The van der Waals surface area contributed by atoms with Gasteiger partial charge in [0, 0.05) is 0 Å². The highest BCUT2D eigenvalue weighted by atomic mass is 16.6. The van der Waals surface area contributed by atoms with Crippen LogP contribution in [0.4, 0.5) is 0 Å². The van der Waals surface area contributed by atoms with E-state index >= 15 is 0 Å². The van der Waals surface area contributed by atoms with Crippen LogP contribution in [0, 0.1) is 11.8 Å². The van der Waals surface area contributed by atoms with E-state index in [9.17, 15) is 19.2 Å². The Hall–Kier alpha value is -4.16. The highest BCUT2D eigenvalue weighted by Gasteiger charge is 2.69. The molecule has 0 amide bonds. The summed E-state index contributed by atoms with van der Waals surface area (Å²) in [7, 11) is 3.11. The summed E-state index contributed by atoms with van der Waals surface area (Å²) in [4.78, 5) is 57.7. The second-order valence-corrected chi connectivity index (χ2v) is 13.2. The van der Waals surface area contributed by atoms with Crippen LogP contribution in [0.2, 0.25) is 0 Å². The van der Waals surface area contributed by atoms with Crippen LogP contribution < -0.4 is 9.47 Å². The number of ether oxygens (including phenoxy) is 6. The zero-order valence-corrected chi connectivity index (χ0v) is 31.5. The van der Waals surface area contributed by atoms with Gasteiger partial charge in [-0.2, -0.15) is 0 Å². The van der Waals surface area contributed by atoms with Gasteiger partial charge in [-0.15, -0.1) is 0 Å². The van der Waals surface area contributed by atoms with Crippen LogP contribution in [0.15, 0.2) is 48.5 Å². The molecular weight excluding hydrogens is 668 g/mol. The lowest BCUT2D eigenvalue weighted by Gasteiger charge is -2.32. The Labute approximate surface area is 308 Å². The summed E-state index contributed by atoms with van der Waals surface area (Å²) in [5, 5.41) is 3.41. The van der Waals surface area contributed by atoms with Crippen LogP contribution >= 0.6 is 0 Å². The van der Waals surface area contributed by atoms with E-state index in [0.717, 1.165) is 25.7 Å². The van der Waals surface area contributed by atoms with E-state index in [1.807, 2.05) is 27.7 Å². The Morgan fingerprint density at radius 1 is 0.481 bits per heavy atom. The summed E-state index contributed by atoms with van der Waals surface area (Å²) in [6, 6.07) is 9.85. The van der Waals surface area contributed by atoms with Crippen LogP contribution in [0.3, 0.4) is 0 Å². The van der Waals surface area contributed by atoms with Gasteiger partial charge in [-0.05, 0) is 61.1 Å². The fourth-order valence-electron chi connectivity index (χ4n) is 6.90. The summed E-state index contributed by atoms with van der Waals surface area (Å²) in [5.41, 5.74) is 1.24. The number of unbranched alkanes of at least 4 members (excludes halogenated alkanes) is 4. The van der Waals surface area contributed by atoms with E-state index in [1.165, 1.54) is 0 Å². The van der Waals surface area contributed by atoms with Gasteiger partial charge in [0.25, 0.3) is 0 Å². The Kier molecular flexibility index (Phi) is 15.8. The number of hydrogen-bond acceptors (Lipinski definition) is 12. The molecule has 0 saturated carbocycles. The van der Waals surface area contributed by atoms with Gasteiger partial charge in [-0.1, -0.05) is 77.6 Å². The van der Waals surface area contributed by atoms with E-state index < -0.39 is 59.9 Å². The molecule has 2 aliphatic heterocycles. The molecule has 0 bridgehead atoms. The van der Waals surface area contributed by atoms with Gasteiger partial charge in [0.1, 0.15) is 35.4 Å². The van der Waals surface area contributed by atoms with Crippen molar-refractivity contribution in [2.24, 2.45) is 11.8 Å². The minimum absolute atomic E-state index is 0.142. The molecule has 0 unspecified atom stereocenters. The molecule has 2 fully saturated rings. The lowest BCUT2D eigenvalue weighted by atomic mass is 9.82. The number of hydrogen-bond donors (Lipinski definition) is 0. The third-order valence-electron chi connectivity index (χ3n) is 9.68. The monoisotopic (exact) mass is 724 g/mol. The van der Waals surface area contributed by atoms with Crippen LogP contribution in [0.5, 0.6) is 11.5 Å². The van der Waals surface area contributed by atoms with Gasteiger partial charge in [0.2, 0.25) is 0 Å². The SMILES string of the molecule is CCCCOC(=O)[C@@H]1[C@@H](C(=O)OCCCC)N2[C@@H](c3ccc(OC)cc3)[C@H](C(=O)OCCCC)[C@H](C(=O)OCCCC)N2[C@@H]1c1ccc(OC)cc1. The van der Waals surface area contributed by atoms with Crippen molar-refractivity contribution in [1.82, 2.24) is 10.0 Å². The molecule has 2 aromatic rings. The summed E-state index contributed by atoms with van der Waals surface area (Å²) in [6.45, 7) is 8.57. The smallest absolute Gasteiger partial charge is 0.325 e. The molecule has 2 aromatic carbocycles. The lowest BCUT2D eigenvalue weighted by molar-refractivity contribution is -0.163. The average Bonchev–Trinajstić information content (AvgIpc) is 3.68. The molecule has 0 N–H and O–H groups in total. The fraction of sp³-hybridized carbons (Fsp3) is 0.600. The average molecular weight is 725 g/mol. The van der Waals surface area contributed by atoms with Gasteiger partial charge in [0.05, 0.1) is 52.7 Å². The second kappa shape index (κ2) is 20.2. The summed E-state index contributed by atoms with van der Waals surface area (Å²) in [5.74, 6) is -3.61. The molecule has 286 valence electrons. The fourth-order valence-corrected chi connectivity index (χ4v) is 6.90. The normalized spacial score (nSPS) is 22.7. The molecule has 0 aliphatic carbocycles. The highest BCUT2D eigenvalue weighted by Crippen LogP contribution is 2.56. The van der Waals surface area contributed by atoms with Crippen LogP contribution in [-0.2, 0) is 38.1 Å². The summed E-state index contributed by atoms with van der Waals surface area (Å²) in [6.07, 6.45) is 5.69. The van der Waals surface area contributed by atoms with Gasteiger partial charge in [-0.3, -0.25) is 19.2 Å². The van der Waals surface area contributed by atoms with E-state index in [1.54, 1.807) is 72.8 Å². The number of nitrogens with zero attached hydrogens (tertiary/aromatic N) is 2. The maximum absolute atomic E-state index is 14.5. The zero-order valence-electron chi connectivity index (χ0n) is 31.5. The first-order valence-corrected chi connectivity index (χ1v) is 18.8. The Morgan fingerprint density at radius 2 is 0.769 bits per heavy atom. The topological polar surface area (TPSA) is 130 Å². The van der Waals surface area contributed by atoms with Crippen molar-refractivity contribution < 1.29 is 47.6 Å². The minimum atomic E-state index is -1.26. The number of methoxy groups -OCH3 is 2. The molecule has 12 heteroatoms. The number of hydrazine groups is 1. The minimum Gasteiger partial charge on any atom is -0.497 e. The van der Waals surface area contributed by atoms with Crippen molar-refractivity contribution in [2.75, 3.05) is 40.6 Å². The molecular formula is C40H56N2O10. The Morgan fingerprint density at radius 3 is 1.04 bits per heavy atom. The van der Waals surface area contributed by atoms with E-state index in [2.05, 4.69) is 0 Å². The predicted molar refractivity (Wildman–Crippen MR) is 193 cm³/mol. The van der Waals surface area contributed by atoms with Crippen molar-refractivity contribution in [3.05, 3.63) is 59.7 Å². The molecule has 2 saturated heterocycles. The maximum atomic E-state index is 14.5. The van der Waals surface area contributed by atoms with Crippen molar-refractivity contribution >= 4 is 23.9 Å². The second-order valence-electron chi connectivity index (χ2n) is 13.2. The van der Waals surface area contributed by atoms with Crippen molar-refractivity contribution in [3.8, 4) is 11.5 Å². The third kappa shape index (κ3) is 9.25. The zero-order chi connectivity index (χ0) is 37.6. The summed E-state index contributed by atoms with van der Waals surface area (Å²) < 4.78 is 34.4. The van der Waals surface area contributed by atoms with Gasteiger partial charge >= 0.3 is 23.9 Å². The van der Waals surface area contributed by atoms with Crippen molar-refractivity contribution in [2.45, 2.75) is 103 Å². The van der Waals surface area contributed by atoms with Gasteiger partial charge < -0.3 is 28.4 Å². The molecule has 0 radical (unpaired) electrons. The lowest BCUT2D eigenvalue weighted by Crippen LogP contribution is -2.47. The van der Waals surface area contributed by atoms with Crippen molar-refractivity contribution in [3.63, 3.8) is 0 Å². The van der Waals surface area contributed by atoms with Gasteiger partial charge in [0.15, 0.2) is 0 Å². The van der Waals surface area contributed by atoms with Crippen LogP contribution in [-0.4, -0.2) is 86.6 Å². The van der Waals surface area contributed by atoms with Crippen LogP contribution in [0.25, 0.3) is 0 Å². The summed E-state index contributed by atoms with van der Waals surface area (Å²) >= 11 is 0. The molecule has 2 aliphatic rings. The molecule has 4 rings (SSSR count). The third-order valence-corrected chi connectivity index (χ3v) is 9.68. The number of esters is 4. The van der Waals surface area contributed by atoms with E-state index in [4.69, 9.17) is 28.4 Å². The number of benzene rings is 2. The molecule has 6 atom stereocenters. The van der Waals surface area contributed by atoms with E-state index in [0.29, 0.717) is 48.3 Å². The molecule has 0 aromatic heterocycles. The largest absolute Gasteiger partial charge is 0.497 e. The molecule has 52 heavy (non-hydrogen) atoms. The van der Waals surface area contributed by atoms with E-state index in [-0.39, 0.29) is 26.4 Å². The number of fused-ring (bicyclic) bond motifs is 1. The highest BCUT2D eigenvalue weighted by molar-refractivity contribution is 5.90. The standard InChI is InChI=1S/C40H56N2O10/c1-7-11-23-49-37(43)31-33(27-15-19-29(47-5)20-16-27)41-36(40(46)52-26-14-10-4)32(38(44)50-24-12-8-2)34(28-17-21-30(48-6)22-18-28)42(41)35(31)39(45)51-25-13-9-3/h15-22,31-36H,7-14,23-26H2,1-6H3/t31-,32-,33-,34+,35+,36-/m0/s1. The molecule has 12 nitrogen and oxygen atoms in total. The van der Waals surface area contributed by atoms with Crippen LogP contribution in [0.1, 0.15) is 102 Å². The predicted octanol–water partition coefficient (Wildman–Crippen LogP) is 6.38. The van der Waals surface area contributed by atoms with Gasteiger partial charge in [-0.25, -0.2) is 10.0 Å². The number of carbonyl (C=O) groups excluding carboxylic acids is 4. The first kappa shape index (κ1) is 40.6. The van der Waals surface area contributed by atoms with Crippen molar-refractivity contribution in [1.29, 1.82) is 0 Å². The first-order valence-electron chi connectivity index (χ1n) is 18.8. The first-order chi connectivity index (χ1) is 25.3. The quantitative estimate of drug-likeness (QED) is 0.0854. The Balaban J connectivity index is 2.01.